The van der Waals surface area contributed by atoms with Crippen LogP contribution in [0.5, 0.6) is 0 Å². The number of pyridine rings is 2. The Hall–Kier alpha value is -3.72. The Morgan fingerprint density at radius 2 is 1.77 bits per heavy atom. The molecule has 1 saturated carbocycles. The van der Waals surface area contributed by atoms with Gasteiger partial charge in [0.15, 0.2) is 0 Å². The maximum Gasteiger partial charge on any atom is 0.244 e. The molecule has 7 nitrogen and oxygen atoms in total. The molecular formula is C31H31F2N5O2. The summed E-state index contributed by atoms with van der Waals surface area (Å²) in [6, 6.07) is 9.35. The van der Waals surface area contributed by atoms with Crippen LogP contribution in [0.3, 0.4) is 0 Å². The van der Waals surface area contributed by atoms with E-state index in [1.807, 2.05) is 37.1 Å². The van der Waals surface area contributed by atoms with E-state index >= 15 is 0 Å². The van der Waals surface area contributed by atoms with E-state index in [0.717, 1.165) is 54.1 Å². The van der Waals surface area contributed by atoms with Gasteiger partial charge in [0.25, 0.3) is 0 Å². The van der Waals surface area contributed by atoms with Crippen LogP contribution in [0.25, 0.3) is 0 Å². The van der Waals surface area contributed by atoms with Crippen molar-refractivity contribution in [2.24, 2.45) is 0 Å². The van der Waals surface area contributed by atoms with Gasteiger partial charge in [-0.2, -0.15) is 0 Å². The molecule has 2 atom stereocenters. The van der Waals surface area contributed by atoms with Crippen LogP contribution in [-0.2, 0) is 39.9 Å². The number of halogens is 2. The number of benzene rings is 1. The van der Waals surface area contributed by atoms with Gasteiger partial charge >= 0.3 is 0 Å². The van der Waals surface area contributed by atoms with Crippen LogP contribution in [0.1, 0.15) is 60.6 Å². The number of nitrogens with one attached hydrogen (secondary N) is 1. The number of amides is 2. The third kappa shape index (κ3) is 3.49. The number of carbonyl (C=O) groups is 2. The Labute approximate surface area is 231 Å². The van der Waals surface area contributed by atoms with Gasteiger partial charge in [-0.05, 0) is 68.1 Å². The highest BCUT2D eigenvalue weighted by molar-refractivity contribution is 6.06. The van der Waals surface area contributed by atoms with Crippen molar-refractivity contribution < 1.29 is 18.4 Å². The first-order valence-corrected chi connectivity index (χ1v) is 13.9. The highest BCUT2D eigenvalue weighted by Crippen LogP contribution is 2.48. The quantitative estimate of drug-likeness (QED) is 0.535. The lowest BCUT2D eigenvalue weighted by atomic mass is 9.79. The first-order chi connectivity index (χ1) is 19.1. The Bertz CT molecular complexity index is 1550. The molecule has 2 aliphatic heterocycles. The largest absolute Gasteiger partial charge is 0.326 e. The molecule has 40 heavy (non-hydrogen) atoms. The summed E-state index contributed by atoms with van der Waals surface area (Å²) in [5.41, 5.74) is 1.67. The SMILES string of the molecule is CN1C[C@@](C)(c2cc(F)cc(F)c2)N(Cc2cnc3c(c2)C[C@@]2(C3)C(=O)Nc3ncccc32)C(=O)C12CCCC2. The van der Waals surface area contributed by atoms with Crippen molar-refractivity contribution in [2.45, 2.75) is 68.5 Å². The summed E-state index contributed by atoms with van der Waals surface area (Å²) in [4.78, 5) is 40.5. The molecule has 4 heterocycles. The average molecular weight is 544 g/mol. The number of piperazine rings is 1. The van der Waals surface area contributed by atoms with Crippen LogP contribution in [0.2, 0.25) is 0 Å². The number of anilines is 1. The van der Waals surface area contributed by atoms with Crippen LogP contribution in [0.15, 0.2) is 48.8 Å². The van der Waals surface area contributed by atoms with Crippen LogP contribution in [0.4, 0.5) is 14.6 Å². The van der Waals surface area contributed by atoms with E-state index in [4.69, 9.17) is 4.98 Å². The predicted octanol–water partition coefficient (Wildman–Crippen LogP) is 4.25. The number of likely N-dealkylation sites (N-methyl/N-ethyl adjacent to an activating group) is 1. The Morgan fingerprint density at radius 3 is 2.52 bits per heavy atom. The summed E-state index contributed by atoms with van der Waals surface area (Å²) in [5.74, 6) is -0.816. The smallest absolute Gasteiger partial charge is 0.244 e. The van der Waals surface area contributed by atoms with Gasteiger partial charge in [-0.3, -0.25) is 19.5 Å². The molecule has 2 aromatic heterocycles. The number of nitrogens with zero attached hydrogens (tertiary/aromatic N) is 4. The summed E-state index contributed by atoms with van der Waals surface area (Å²) < 4.78 is 28.8. The van der Waals surface area contributed by atoms with E-state index in [1.54, 1.807) is 12.4 Å². The molecule has 4 aliphatic rings. The predicted molar refractivity (Wildman–Crippen MR) is 144 cm³/mol. The Kier molecular flexibility index (Phi) is 5.45. The summed E-state index contributed by atoms with van der Waals surface area (Å²) in [7, 11) is 1.95. The number of fused-ring (bicyclic) bond motifs is 3. The normalized spacial score (nSPS) is 26.9. The maximum atomic E-state index is 14.4. The molecule has 206 valence electrons. The highest BCUT2D eigenvalue weighted by atomic mass is 19.1. The van der Waals surface area contributed by atoms with E-state index in [9.17, 15) is 18.4 Å². The van der Waals surface area contributed by atoms with Crippen molar-refractivity contribution in [1.29, 1.82) is 0 Å². The van der Waals surface area contributed by atoms with E-state index in [1.165, 1.54) is 12.1 Å². The van der Waals surface area contributed by atoms with Gasteiger partial charge in [0, 0.05) is 49.2 Å². The number of hydrogen-bond donors (Lipinski definition) is 1. The van der Waals surface area contributed by atoms with Gasteiger partial charge in [0.2, 0.25) is 11.8 Å². The van der Waals surface area contributed by atoms with E-state index in [0.29, 0.717) is 30.8 Å². The van der Waals surface area contributed by atoms with Crippen molar-refractivity contribution in [3.63, 3.8) is 0 Å². The van der Waals surface area contributed by atoms with Crippen LogP contribution in [0, 0.1) is 11.6 Å². The Morgan fingerprint density at radius 1 is 1.02 bits per heavy atom. The van der Waals surface area contributed by atoms with E-state index in [2.05, 4.69) is 15.2 Å². The molecular weight excluding hydrogens is 512 g/mol. The molecule has 0 unspecified atom stereocenters. The zero-order chi connectivity index (χ0) is 27.9. The van der Waals surface area contributed by atoms with Crippen molar-refractivity contribution in [1.82, 2.24) is 19.8 Å². The maximum absolute atomic E-state index is 14.4. The number of carbonyl (C=O) groups excluding carboxylic acids is 2. The zero-order valence-corrected chi connectivity index (χ0v) is 22.6. The second kappa shape index (κ2) is 8.64. The third-order valence-electron chi connectivity index (χ3n) is 9.84. The molecule has 2 fully saturated rings. The lowest BCUT2D eigenvalue weighted by Gasteiger charge is -2.56. The van der Waals surface area contributed by atoms with Gasteiger partial charge in [-0.25, -0.2) is 13.8 Å². The summed E-state index contributed by atoms with van der Waals surface area (Å²) in [5, 5.41) is 2.92. The van der Waals surface area contributed by atoms with Gasteiger partial charge in [-0.1, -0.05) is 25.0 Å². The molecule has 7 rings (SSSR count). The van der Waals surface area contributed by atoms with Gasteiger partial charge in [0.05, 0.1) is 11.0 Å². The minimum absolute atomic E-state index is 0.0157. The fourth-order valence-electron chi connectivity index (χ4n) is 7.69. The zero-order valence-electron chi connectivity index (χ0n) is 22.6. The average Bonchev–Trinajstić information content (AvgIpc) is 3.62. The lowest BCUT2D eigenvalue weighted by molar-refractivity contribution is -0.164. The molecule has 3 aromatic rings. The number of hydrogen-bond acceptors (Lipinski definition) is 5. The lowest BCUT2D eigenvalue weighted by Crippen LogP contribution is -2.70. The molecule has 9 heteroatoms. The van der Waals surface area contributed by atoms with Gasteiger partial charge < -0.3 is 10.2 Å². The van der Waals surface area contributed by atoms with E-state index < -0.39 is 28.1 Å². The van der Waals surface area contributed by atoms with Crippen LogP contribution < -0.4 is 5.32 Å². The van der Waals surface area contributed by atoms with Crippen LogP contribution in [-0.4, -0.2) is 50.7 Å². The first-order valence-electron chi connectivity index (χ1n) is 13.9. The summed E-state index contributed by atoms with van der Waals surface area (Å²) >= 11 is 0. The number of aromatic nitrogens is 2. The molecule has 0 radical (unpaired) electrons. The Balaban J connectivity index is 1.26. The van der Waals surface area contributed by atoms with Gasteiger partial charge in [-0.15, -0.1) is 0 Å². The fraction of sp³-hybridized carbons (Fsp3) is 0.419. The highest BCUT2D eigenvalue weighted by Gasteiger charge is 2.57. The number of rotatable bonds is 3. The van der Waals surface area contributed by atoms with Crippen molar-refractivity contribution in [3.05, 3.63) is 88.4 Å². The molecule has 1 aromatic carbocycles. The van der Waals surface area contributed by atoms with Crippen molar-refractivity contribution >= 4 is 17.6 Å². The molecule has 2 spiro atoms. The summed E-state index contributed by atoms with van der Waals surface area (Å²) in [6.45, 7) is 2.59. The molecule has 1 saturated heterocycles. The monoisotopic (exact) mass is 543 g/mol. The van der Waals surface area contributed by atoms with Crippen molar-refractivity contribution in [2.75, 3.05) is 18.9 Å². The minimum Gasteiger partial charge on any atom is -0.326 e. The minimum atomic E-state index is -0.960. The topological polar surface area (TPSA) is 78.4 Å². The molecule has 1 N–H and O–H groups in total. The standard InChI is InChI=1S/C31H31F2N5O2/c1-29(21-11-22(32)13-23(33)12-21)18-37(2)31(7-3-4-8-31)28(40)38(29)17-19-10-20-14-30(15-25(20)35-16-19)24-6-5-9-34-26(24)36-27(30)39/h5-6,9-13,16H,3-4,7-8,14-15,17-18H2,1-2H3,(H,34,36,39)/t29-,30-/m0/s1. The first kappa shape index (κ1) is 25.3. The molecule has 0 bridgehead atoms. The van der Waals surface area contributed by atoms with Gasteiger partial charge in [0.1, 0.15) is 23.0 Å². The van der Waals surface area contributed by atoms with Crippen molar-refractivity contribution in [3.8, 4) is 0 Å². The molecule has 2 aliphatic carbocycles. The summed E-state index contributed by atoms with van der Waals surface area (Å²) in [6.07, 6.45) is 7.90. The second-order valence-corrected chi connectivity index (χ2v) is 12.2. The molecule has 2 amide bonds. The van der Waals surface area contributed by atoms with Crippen LogP contribution >= 0.6 is 0 Å². The fourth-order valence-corrected chi connectivity index (χ4v) is 7.69. The second-order valence-electron chi connectivity index (χ2n) is 12.2. The third-order valence-corrected chi connectivity index (χ3v) is 9.84. The van der Waals surface area contributed by atoms with E-state index in [-0.39, 0.29) is 18.4 Å².